The molecule has 5 nitrogen and oxygen atoms in total. The summed E-state index contributed by atoms with van der Waals surface area (Å²) in [6, 6.07) is 14.7. The zero-order chi connectivity index (χ0) is 17.1. The molecule has 0 aliphatic carbocycles. The van der Waals surface area contributed by atoms with Gasteiger partial charge in [0.15, 0.2) is 10.9 Å². The third-order valence-electron chi connectivity index (χ3n) is 3.56. The minimum Gasteiger partial charge on any atom is -0.333 e. The molecule has 0 radical (unpaired) electrons. The van der Waals surface area contributed by atoms with Gasteiger partial charge < -0.3 is 10.3 Å². The maximum atomic E-state index is 12.4. The number of aromatic amines is 1. The highest BCUT2D eigenvalue weighted by Crippen LogP contribution is 2.24. The molecule has 0 saturated heterocycles. The summed E-state index contributed by atoms with van der Waals surface area (Å²) in [4.78, 5) is 31.4. The molecular formula is C18H17N3O2S. The second-order valence-electron chi connectivity index (χ2n) is 5.45. The summed E-state index contributed by atoms with van der Waals surface area (Å²) in [5, 5.41) is 3.21. The van der Waals surface area contributed by atoms with Gasteiger partial charge in [-0.1, -0.05) is 36.0 Å². The first-order valence-electron chi connectivity index (χ1n) is 7.56. The Morgan fingerprint density at radius 3 is 2.71 bits per heavy atom. The lowest BCUT2D eigenvalue weighted by Gasteiger charge is -2.11. The van der Waals surface area contributed by atoms with Crippen LogP contribution in [0.3, 0.4) is 0 Å². The third-order valence-corrected chi connectivity index (χ3v) is 4.55. The quantitative estimate of drug-likeness (QED) is 0.546. The van der Waals surface area contributed by atoms with Gasteiger partial charge in [0.25, 0.3) is 0 Å². The van der Waals surface area contributed by atoms with Crippen LogP contribution < -0.4 is 5.32 Å². The van der Waals surface area contributed by atoms with Gasteiger partial charge >= 0.3 is 0 Å². The van der Waals surface area contributed by atoms with Gasteiger partial charge in [0.1, 0.15) is 0 Å². The normalized spacial score (nSPS) is 12.1. The Morgan fingerprint density at radius 1 is 1.17 bits per heavy atom. The lowest BCUT2D eigenvalue weighted by Crippen LogP contribution is -2.22. The first-order valence-corrected chi connectivity index (χ1v) is 8.44. The fourth-order valence-corrected chi connectivity index (χ4v) is 3.09. The van der Waals surface area contributed by atoms with Crippen LogP contribution in [0.25, 0.3) is 11.0 Å². The topological polar surface area (TPSA) is 74.8 Å². The zero-order valence-corrected chi connectivity index (χ0v) is 14.2. The molecule has 3 aromatic rings. The SMILES string of the molecule is CC(=O)c1cccc(NC(=O)[C@H](C)Sc2nc3ccccc3[nH]2)c1. The standard InChI is InChI=1S/C18H17N3O2S/c1-11(22)13-6-5-7-14(10-13)19-17(23)12(2)24-18-20-15-8-3-4-9-16(15)21-18/h3-10,12H,1-2H3,(H,19,23)(H,20,21)/t12-/m0/s1. The number of amides is 1. The number of benzene rings is 2. The van der Waals surface area contributed by atoms with Crippen molar-refractivity contribution < 1.29 is 9.59 Å². The van der Waals surface area contributed by atoms with E-state index in [1.54, 1.807) is 24.3 Å². The number of hydrogen-bond donors (Lipinski definition) is 2. The molecule has 2 aromatic carbocycles. The molecule has 1 heterocycles. The Bertz CT molecular complexity index is 871. The minimum absolute atomic E-state index is 0.0317. The van der Waals surface area contributed by atoms with Crippen LogP contribution in [0.2, 0.25) is 0 Å². The third kappa shape index (κ3) is 3.65. The minimum atomic E-state index is -0.327. The van der Waals surface area contributed by atoms with Crippen molar-refractivity contribution >= 4 is 40.2 Å². The van der Waals surface area contributed by atoms with E-state index in [0.29, 0.717) is 16.4 Å². The monoisotopic (exact) mass is 339 g/mol. The average Bonchev–Trinajstić information content (AvgIpc) is 2.97. The van der Waals surface area contributed by atoms with E-state index in [-0.39, 0.29) is 16.9 Å². The van der Waals surface area contributed by atoms with Gasteiger partial charge in [0, 0.05) is 11.3 Å². The molecule has 0 spiro atoms. The molecule has 3 rings (SSSR count). The van der Waals surface area contributed by atoms with Crippen LogP contribution in [0.5, 0.6) is 0 Å². The van der Waals surface area contributed by atoms with Crippen molar-refractivity contribution in [3.63, 3.8) is 0 Å². The second kappa shape index (κ2) is 6.88. The summed E-state index contributed by atoms with van der Waals surface area (Å²) in [6.45, 7) is 3.32. The molecule has 0 bridgehead atoms. The van der Waals surface area contributed by atoms with Gasteiger partial charge in [-0.05, 0) is 38.1 Å². The van der Waals surface area contributed by atoms with Crippen molar-refractivity contribution in [2.45, 2.75) is 24.3 Å². The highest BCUT2D eigenvalue weighted by atomic mass is 32.2. The summed E-state index contributed by atoms with van der Waals surface area (Å²) in [7, 11) is 0. The van der Waals surface area contributed by atoms with Crippen molar-refractivity contribution in [3.05, 3.63) is 54.1 Å². The lowest BCUT2D eigenvalue weighted by molar-refractivity contribution is -0.115. The van der Waals surface area contributed by atoms with Crippen LogP contribution in [0, 0.1) is 0 Å². The van der Waals surface area contributed by atoms with Gasteiger partial charge in [-0.15, -0.1) is 0 Å². The smallest absolute Gasteiger partial charge is 0.237 e. The molecule has 24 heavy (non-hydrogen) atoms. The van der Waals surface area contributed by atoms with E-state index in [1.807, 2.05) is 31.2 Å². The Balaban J connectivity index is 1.68. The largest absolute Gasteiger partial charge is 0.333 e. The van der Waals surface area contributed by atoms with Gasteiger partial charge in [-0.25, -0.2) is 4.98 Å². The molecule has 0 fully saturated rings. The Morgan fingerprint density at radius 2 is 1.96 bits per heavy atom. The molecule has 0 unspecified atom stereocenters. The Kier molecular flexibility index (Phi) is 4.66. The van der Waals surface area contributed by atoms with Crippen LogP contribution in [0.15, 0.2) is 53.7 Å². The number of H-pyrrole nitrogens is 1. The van der Waals surface area contributed by atoms with Crippen molar-refractivity contribution in [1.82, 2.24) is 9.97 Å². The molecule has 0 aliphatic rings. The van der Waals surface area contributed by atoms with Gasteiger partial charge in [-0.2, -0.15) is 0 Å². The van der Waals surface area contributed by atoms with E-state index in [1.165, 1.54) is 18.7 Å². The first-order chi connectivity index (χ1) is 11.5. The Hall–Kier alpha value is -2.60. The van der Waals surface area contributed by atoms with Crippen LogP contribution in [-0.2, 0) is 4.79 Å². The summed E-state index contributed by atoms with van der Waals surface area (Å²) in [6.07, 6.45) is 0. The van der Waals surface area contributed by atoms with E-state index in [4.69, 9.17) is 0 Å². The molecule has 1 aromatic heterocycles. The zero-order valence-electron chi connectivity index (χ0n) is 13.4. The lowest BCUT2D eigenvalue weighted by atomic mass is 10.1. The molecule has 2 N–H and O–H groups in total. The van der Waals surface area contributed by atoms with E-state index < -0.39 is 0 Å². The first kappa shape index (κ1) is 16.3. The number of rotatable bonds is 5. The van der Waals surface area contributed by atoms with Crippen molar-refractivity contribution in [3.8, 4) is 0 Å². The molecule has 1 atom stereocenters. The fourth-order valence-electron chi connectivity index (χ4n) is 2.27. The van der Waals surface area contributed by atoms with Crippen LogP contribution in [0.1, 0.15) is 24.2 Å². The molecule has 122 valence electrons. The number of para-hydroxylation sites is 2. The highest BCUT2D eigenvalue weighted by Gasteiger charge is 2.17. The van der Waals surface area contributed by atoms with Crippen molar-refractivity contribution in [1.29, 1.82) is 0 Å². The predicted octanol–water partition coefficient (Wildman–Crippen LogP) is 3.88. The van der Waals surface area contributed by atoms with Crippen molar-refractivity contribution in [2.24, 2.45) is 0 Å². The van der Waals surface area contributed by atoms with Gasteiger partial charge in [-0.3, -0.25) is 9.59 Å². The average molecular weight is 339 g/mol. The number of nitrogens with zero attached hydrogens (tertiary/aromatic N) is 1. The van der Waals surface area contributed by atoms with E-state index in [0.717, 1.165) is 11.0 Å². The van der Waals surface area contributed by atoms with Gasteiger partial charge in [0.2, 0.25) is 5.91 Å². The maximum Gasteiger partial charge on any atom is 0.237 e. The molecular weight excluding hydrogens is 322 g/mol. The van der Waals surface area contributed by atoms with Gasteiger partial charge in [0.05, 0.1) is 16.3 Å². The van der Waals surface area contributed by atoms with E-state index in [9.17, 15) is 9.59 Å². The summed E-state index contributed by atoms with van der Waals surface area (Å²) in [5.74, 6) is -0.169. The number of hydrogen-bond acceptors (Lipinski definition) is 4. The Labute approximate surface area is 143 Å². The number of fused-ring (bicyclic) bond motifs is 1. The number of carbonyl (C=O) groups excluding carboxylic acids is 2. The fraction of sp³-hybridized carbons (Fsp3) is 0.167. The number of carbonyl (C=O) groups is 2. The molecule has 0 aliphatic heterocycles. The summed E-state index contributed by atoms with van der Waals surface area (Å²) in [5.41, 5.74) is 3.01. The predicted molar refractivity (Wildman–Crippen MR) is 96.5 cm³/mol. The second-order valence-corrected chi connectivity index (χ2v) is 6.77. The van der Waals surface area contributed by atoms with Crippen LogP contribution >= 0.6 is 11.8 Å². The number of thioether (sulfide) groups is 1. The molecule has 0 saturated carbocycles. The number of ketones is 1. The number of imidazole rings is 1. The van der Waals surface area contributed by atoms with Crippen molar-refractivity contribution in [2.75, 3.05) is 5.32 Å². The summed E-state index contributed by atoms with van der Waals surface area (Å²) < 4.78 is 0. The van der Waals surface area contributed by atoms with Crippen LogP contribution in [0.4, 0.5) is 5.69 Å². The van der Waals surface area contributed by atoms with Crippen LogP contribution in [-0.4, -0.2) is 26.9 Å². The highest BCUT2D eigenvalue weighted by molar-refractivity contribution is 8.00. The van der Waals surface area contributed by atoms with E-state index >= 15 is 0 Å². The number of aromatic nitrogens is 2. The summed E-state index contributed by atoms with van der Waals surface area (Å²) >= 11 is 1.36. The maximum absolute atomic E-state index is 12.4. The number of anilines is 1. The van der Waals surface area contributed by atoms with E-state index in [2.05, 4.69) is 15.3 Å². The molecule has 1 amide bonds. The number of Topliss-reactive ketones (excluding diaryl/α,β-unsaturated/α-hetero) is 1. The molecule has 6 heteroatoms. The number of nitrogens with one attached hydrogen (secondary N) is 2.